The lowest BCUT2D eigenvalue weighted by molar-refractivity contribution is 0.113. The van der Waals surface area contributed by atoms with Crippen molar-refractivity contribution in [1.29, 1.82) is 0 Å². The number of aromatic nitrogens is 1. The van der Waals surface area contributed by atoms with Crippen LogP contribution in [-0.2, 0) is 0 Å². The summed E-state index contributed by atoms with van der Waals surface area (Å²) in [6.07, 6.45) is 3.30. The highest BCUT2D eigenvalue weighted by Crippen LogP contribution is 2.21. The predicted octanol–water partition coefficient (Wildman–Crippen LogP) is 1.98. The molecule has 0 saturated carbocycles. The molecule has 0 spiro atoms. The van der Waals surface area contributed by atoms with Crippen LogP contribution in [0.2, 0.25) is 0 Å². The van der Waals surface area contributed by atoms with Crippen LogP contribution in [0.15, 0.2) is 23.2 Å². The van der Waals surface area contributed by atoms with Crippen LogP contribution in [0.3, 0.4) is 0 Å². The number of hydrogen-bond acceptors (Lipinski definition) is 5. The van der Waals surface area contributed by atoms with Crippen molar-refractivity contribution in [3.8, 4) is 0 Å². The molecular formula is C14H24N2O2S. The molecule has 19 heavy (non-hydrogen) atoms. The molecule has 2 atom stereocenters. The molecule has 0 aliphatic heterocycles. The molecule has 0 amide bonds. The van der Waals surface area contributed by atoms with Gasteiger partial charge in [0, 0.05) is 22.9 Å². The van der Waals surface area contributed by atoms with E-state index in [-0.39, 0.29) is 6.61 Å². The first-order valence-electron chi connectivity index (χ1n) is 6.82. The monoisotopic (exact) mass is 284 g/mol. The zero-order valence-corrected chi connectivity index (χ0v) is 12.5. The SMILES string of the molecule is CCCNC(CC)c1ccc(SCC(O)CO)cn1. The minimum atomic E-state index is -0.667. The van der Waals surface area contributed by atoms with E-state index in [4.69, 9.17) is 5.11 Å². The summed E-state index contributed by atoms with van der Waals surface area (Å²) in [7, 11) is 0. The number of pyridine rings is 1. The molecule has 0 bridgehead atoms. The Labute approximate surface area is 119 Å². The van der Waals surface area contributed by atoms with Gasteiger partial charge >= 0.3 is 0 Å². The normalized spacial score (nSPS) is 14.3. The van der Waals surface area contributed by atoms with Gasteiger partial charge in [-0.2, -0.15) is 0 Å². The van der Waals surface area contributed by atoms with E-state index < -0.39 is 6.10 Å². The fraction of sp³-hybridized carbons (Fsp3) is 0.643. The lowest BCUT2D eigenvalue weighted by Gasteiger charge is -2.16. The number of aliphatic hydroxyl groups is 2. The first-order valence-corrected chi connectivity index (χ1v) is 7.80. The second-order valence-corrected chi connectivity index (χ2v) is 5.57. The largest absolute Gasteiger partial charge is 0.394 e. The van der Waals surface area contributed by atoms with Gasteiger partial charge in [-0.1, -0.05) is 13.8 Å². The van der Waals surface area contributed by atoms with Gasteiger partial charge in [0.05, 0.1) is 18.4 Å². The lowest BCUT2D eigenvalue weighted by atomic mass is 10.1. The number of hydrogen-bond donors (Lipinski definition) is 3. The predicted molar refractivity (Wildman–Crippen MR) is 79.4 cm³/mol. The Morgan fingerprint density at radius 2 is 2.16 bits per heavy atom. The highest BCUT2D eigenvalue weighted by Gasteiger charge is 2.10. The van der Waals surface area contributed by atoms with Gasteiger partial charge in [-0.05, 0) is 31.5 Å². The van der Waals surface area contributed by atoms with E-state index in [1.54, 1.807) is 0 Å². The van der Waals surface area contributed by atoms with Gasteiger partial charge in [0.2, 0.25) is 0 Å². The molecule has 1 rings (SSSR count). The van der Waals surface area contributed by atoms with Crippen LogP contribution in [0.1, 0.15) is 38.4 Å². The highest BCUT2D eigenvalue weighted by atomic mass is 32.2. The van der Waals surface area contributed by atoms with Crippen LogP contribution >= 0.6 is 11.8 Å². The maximum atomic E-state index is 9.30. The second kappa shape index (κ2) is 9.31. The molecule has 108 valence electrons. The molecule has 2 unspecified atom stereocenters. The number of rotatable bonds is 9. The lowest BCUT2D eigenvalue weighted by Crippen LogP contribution is -2.22. The molecule has 0 aromatic carbocycles. The average Bonchev–Trinajstić information content (AvgIpc) is 2.46. The summed E-state index contributed by atoms with van der Waals surface area (Å²) in [6.45, 7) is 5.10. The van der Waals surface area contributed by atoms with Gasteiger partial charge < -0.3 is 15.5 Å². The molecule has 0 radical (unpaired) electrons. The van der Waals surface area contributed by atoms with E-state index in [0.717, 1.165) is 30.0 Å². The summed E-state index contributed by atoms with van der Waals surface area (Å²) < 4.78 is 0. The standard InChI is InChI=1S/C14H24N2O2S/c1-3-7-15-13(4-2)14-6-5-12(8-16-14)19-10-11(18)9-17/h5-6,8,11,13,15,17-18H,3-4,7,9-10H2,1-2H3. The smallest absolute Gasteiger partial charge is 0.0864 e. The molecule has 4 nitrogen and oxygen atoms in total. The second-order valence-electron chi connectivity index (χ2n) is 4.48. The van der Waals surface area contributed by atoms with Crippen molar-refractivity contribution in [2.24, 2.45) is 0 Å². The third-order valence-electron chi connectivity index (χ3n) is 2.82. The summed E-state index contributed by atoms with van der Waals surface area (Å²) in [5.41, 5.74) is 1.06. The van der Waals surface area contributed by atoms with Crippen LogP contribution in [-0.4, -0.2) is 40.2 Å². The van der Waals surface area contributed by atoms with Crippen LogP contribution < -0.4 is 5.32 Å². The third kappa shape index (κ3) is 5.91. The molecule has 1 aromatic rings. The topological polar surface area (TPSA) is 65.4 Å². The molecule has 0 aliphatic carbocycles. The number of nitrogens with one attached hydrogen (secondary N) is 1. The minimum absolute atomic E-state index is 0.197. The Balaban J connectivity index is 2.54. The fourth-order valence-electron chi connectivity index (χ4n) is 1.70. The summed E-state index contributed by atoms with van der Waals surface area (Å²) in [6, 6.07) is 4.36. The quantitative estimate of drug-likeness (QED) is 0.605. The summed E-state index contributed by atoms with van der Waals surface area (Å²) in [5.74, 6) is 0.489. The van der Waals surface area contributed by atoms with Crippen molar-refractivity contribution < 1.29 is 10.2 Å². The Bertz CT molecular complexity index is 346. The number of aliphatic hydroxyl groups excluding tert-OH is 2. The van der Waals surface area contributed by atoms with Gasteiger partial charge in [0.15, 0.2) is 0 Å². The maximum absolute atomic E-state index is 9.30. The summed E-state index contributed by atoms with van der Waals surface area (Å²) in [4.78, 5) is 5.49. The highest BCUT2D eigenvalue weighted by molar-refractivity contribution is 7.99. The molecule has 3 N–H and O–H groups in total. The fourth-order valence-corrected chi connectivity index (χ4v) is 2.49. The Hall–Kier alpha value is -0.620. The Morgan fingerprint density at radius 3 is 2.68 bits per heavy atom. The molecule has 1 aromatic heterocycles. The van der Waals surface area contributed by atoms with Crippen molar-refractivity contribution in [1.82, 2.24) is 10.3 Å². The Morgan fingerprint density at radius 1 is 1.37 bits per heavy atom. The molecule has 5 heteroatoms. The van der Waals surface area contributed by atoms with Crippen molar-refractivity contribution in [2.45, 2.75) is 43.7 Å². The van der Waals surface area contributed by atoms with E-state index in [9.17, 15) is 5.11 Å². The minimum Gasteiger partial charge on any atom is -0.394 e. The first-order chi connectivity index (χ1) is 9.21. The molecule has 1 heterocycles. The molecule has 0 fully saturated rings. The van der Waals surface area contributed by atoms with E-state index in [1.165, 1.54) is 11.8 Å². The van der Waals surface area contributed by atoms with Crippen molar-refractivity contribution >= 4 is 11.8 Å². The van der Waals surface area contributed by atoms with Gasteiger partial charge in [0.25, 0.3) is 0 Å². The van der Waals surface area contributed by atoms with E-state index >= 15 is 0 Å². The van der Waals surface area contributed by atoms with Crippen LogP contribution in [0.25, 0.3) is 0 Å². The van der Waals surface area contributed by atoms with Crippen LogP contribution in [0, 0.1) is 0 Å². The molecular weight excluding hydrogens is 260 g/mol. The van der Waals surface area contributed by atoms with E-state index in [2.05, 4.69) is 24.1 Å². The van der Waals surface area contributed by atoms with Crippen LogP contribution in [0.5, 0.6) is 0 Å². The van der Waals surface area contributed by atoms with Crippen LogP contribution in [0.4, 0.5) is 0 Å². The number of nitrogens with zero attached hydrogens (tertiary/aromatic N) is 1. The van der Waals surface area contributed by atoms with Gasteiger partial charge in [-0.25, -0.2) is 0 Å². The zero-order valence-electron chi connectivity index (χ0n) is 11.7. The van der Waals surface area contributed by atoms with Crippen molar-refractivity contribution in [2.75, 3.05) is 18.9 Å². The first kappa shape index (κ1) is 16.4. The maximum Gasteiger partial charge on any atom is 0.0864 e. The summed E-state index contributed by atoms with van der Waals surface area (Å²) in [5, 5.41) is 21.5. The summed E-state index contributed by atoms with van der Waals surface area (Å²) >= 11 is 1.51. The van der Waals surface area contributed by atoms with Gasteiger partial charge in [0.1, 0.15) is 0 Å². The van der Waals surface area contributed by atoms with Crippen molar-refractivity contribution in [3.63, 3.8) is 0 Å². The third-order valence-corrected chi connectivity index (χ3v) is 3.94. The number of thioether (sulfide) groups is 1. The zero-order chi connectivity index (χ0) is 14.1. The van der Waals surface area contributed by atoms with Gasteiger partial charge in [-0.15, -0.1) is 11.8 Å². The molecule has 0 aliphatic rings. The van der Waals surface area contributed by atoms with E-state index in [0.29, 0.717) is 11.8 Å². The van der Waals surface area contributed by atoms with Crippen molar-refractivity contribution in [3.05, 3.63) is 24.0 Å². The Kier molecular flexibility index (Phi) is 8.05. The van der Waals surface area contributed by atoms with E-state index in [1.807, 2.05) is 18.3 Å². The average molecular weight is 284 g/mol. The van der Waals surface area contributed by atoms with Gasteiger partial charge in [-0.3, -0.25) is 4.98 Å². The molecule has 0 saturated heterocycles.